The molecule has 2 aromatic rings. The van der Waals surface area contributed by atoms with Crippen LogP contribution in [0.15, 0.2) is 12.1 Å². The van der Waals surface area contributed by atoms with Crippen LogP contribution in [0, 0.1) is 5.82 Å². The Labute approximate surface area is 184 Å². The van der Waals surface area contributed by atoms with Crippen LogP contribution in [0.3, 0.4) is 0 Å². The number of carbonyl (C=O) groups excluding carboxylic acids is 1. The second kappa shape index (κ2) is 10.6. The SMILES string of the molecule is COCCNC(=O)COc1cc(-c2c(CCl)[nH]c(C(F)(F)F)c2CCl)c(F)cc1Cl. The molecule has 30 heavy (non-hydrogen) atoms. The fraction of sp³-hybridized carbons (Fsp3) is 0.389. The van der Waals surface area contributed by atoms with Crippen LogP contribution in [-0.4, -0.2) is 37.8 Å². The lowest BCUT2D eigenvalue weighted by molar-refractivity contribution is -0.141. The highest BCUT2D eigenvalue weighted by Gasteiger charge is 2.38. The van der Waals surface area contributed by atoms with Gasteiger partial charge in [0.25, 0.3) is 5.91 Å². The molecular formula is C18H17Cl3F4N2O3. The summed E-state index contributed by atoms with van der Waals surface area (Å²) in [5.41, 5.74) is -1.91. The van der Waals surface area contributed by atoms with Crippen molar-refractivity contribution in [3.63, 3.8) is 0 Å². The highest BCUT2D eigenvalue weighted by atomic mass is 35.5. The molecule has 0 spiro atoms. The predicted octanol–water partition coefficient (Wildman–Crippen LogP) is 5.11. The van der Waals surface area contributed by atoms with E-state index in [1.165, 1.54) is 7.11 Å². The maximum Gasteiger partial charge on any atom is 0.431 e. The van der Waals surface area contributed by atoms with E-state index >= 15 is 0 Å². The summed E-state index contributed by atoms with van der Waals surface area (Å²) >= 11 is 17.5. The van der Waals surface area contributed by atoms with E-state index < -0.39 is 36.1 Å². The van der Waals surface area contributed by atoms with Gasteiger partial charge in [0.2, 0.25) is 0 Å². The van der Waals surface area contributed by atoms with E-state index in [2.05, 4.69) is 10.3 Å². The second-order valence-electron chi connectivity index (χ2n) is 5.99. The summed E-state index contributed by atoms with van der Waals surface area (Å²) in [7, 11) is 1.47. The number of alkyl halides is 5. The zero-order chi connectivity index (χ0) is 22.5. The average molecular weight is 492 g/mol. The molecule has 0 atom stereocenters. The van der Waals surface area contributed by atoms with E-state index in [0.717, 1.165) is 12.1 Å². The third-order valence-corrected chi connectivity index (χ3v) is 4.84. The Kier molecular flexibility index (Phi) is 8.66. The van der Waals surface area contributed by atoms with Crippen molar-refractivity contribution in [2.75, 3.05) is 26.9 Å². The second-order valence-corrected chi connectivity index (χ2v) is 6.93. The minimum atomic E-state index is -4.74. The molecule has 12 heteroatoms. The van der Waals surface area contributed by atoms with Gasteiger partial charge in [-0.15, -0.1) is 23.2 Å². The van der Waals surface area contributed by atoms with E-state index in [1.54, 1.807) is 0 Å². The molecule has 1 aromatic carbocycles. The van der Waals surface area contributed by atoms with E-state index in [9.17, 15) is 22.4 Å². The van der Waals surface area contributed by atoms with Crippen LogP contribution < -0.4 is 10.1 Å². The quantitative estimate of drug-likeness (QED) is 0.291. The third kappa shape index (κ3) is 5.72. The average Bonchev–Trinajstić information content (AvgIpc) is 3.06. The molecule has 0 unspecified atom stereocenters. The van der Waals surface area contributed by atoms with Crippen LogP contribution in [0.2, 0.25) is 5.02 Å². The summed E-state index contributed by atoms with van der Waals surface area (Å²) < 4.78 is 64.8. The fourth-order valence-electron chi connectivity index (χ4n) is 2.72. The summed E-state index contributed by atoms with van der Waals surface area (Å²) in [6.45, 7) is 0.105. The van der Waals surface area contributed by atoms with Gasteiger partial charge in [0.1, 0.15) is 17.3 Å². The van der Waals surface area contributed by atoms with Crippen LogP contribution in [0.4, 0.5) is 17.6 Å². The zero-order valence-electron chi connectivity index (χ0n) is 15.6. The van der Waals surface area contributed by atoms with Gasteiger partial charge in [-0.3, -0.25) is 4.79 Å². The van der Waals surface area contributed by atoms with Crippen molar-refractivity contribution in [2.45, 2.75) is 17.9 Å². The van der Waals surface area contributed by atoms with Crippen LogP contribution in [0.5, 0.6) is 5.75 Å². The molecule has 5 nitrogen and oxygen atoms in total. The van der Waals surface area contributed by atoms with Crippen molar-refractivity contribution in [1.29, 1.82) is 0 Å². The van der Waals surface area contributed by atoms with Crippen LogP contribution in [0.1, 0.15) is 17.0 Å². The Morgan fingerprint density at radius 1 is 1.23 bits per heavy atom. The third-order valence-electron chi connectivity index (χ3n) is 4.01. The van der Waals surface area contributed by atoms with Crippen molar-refractivity contribution >= 4 is 40.7 Å². The van der Waals surface area contributed by atoms with Gasteiger partial charge in [0.05, 0.1) is 23.4 Å². The van der Waals surface area contributed by atoms with Gasteiger partial charge in [0.15, 0.2) is 6.61 Å². The van der Waals surface area contributed by atoms with Gasteiger partial charge in [-0.1, -0.05) is 11.6 Å². The molecule has 0 aliphatic rings. The Balaban J connectivity index is 2.43. The zero-order valence-corrected chi connectivity index (χ0v) is 17.8. The number of benzene rings is 1. The molecule has 166 valence electrons. The molecule has 1 aromatic heterocycles. The van der Waals surface area contributed by atoms with Crippen molar-refractivity contribution in [3.8, 4) is 16.9 Å². The first kappa shape index (κ1) is 24.6. The number of hydrogen-bond donors (Lipinski definition) is 2. The van der Waals surface area contributed by atoms with Gasteiger partial charge in [0, 0.05) is 36.0 Å². The van der Waals surface area contributed by atoms with E-state index in [4.69, 9.17) is 44.3 Å². The highest BCUT2D eigenvalue weighted by Crippen LogP contribution is 2.43. The molecule has 0 radical (unpaired) electrons. The van der Waals surface area contributed by atoms with E-state index in [-0.39, 0.29) is 45.6 Å². The molecule has 2 N–H and O–H groups in total. The fourth-order valence-corrected chi connectivity index (χ4v) is 3.39. The Morgan fingerprint density at radius 3 is 2.50 bits per heavy atom. The number of H-pyrrole nitrogens is 1. The molecule has 0 aliphatic carbocycles. The maximum atomic E-state index is 14.6. The lowest BCUT2D eigenvalue weighted by Gasteiger charge is -2.13. The van der Waals surface area contributed by atoms with Gasteiger partial charge >= 0.3 is 6.18 Å². The summed E-state index contributed by atoms with van der Waals surface area (Å²) in [6.07, 6.45) is -4.74. The molecule has 1 heterocycles. The minimum absolute atomic E-state index is 0.0656. The van der Waals surface area contributed by atoms with Crippen molar-refractivity contribution in [1.82, 2.24) is 10.3 Å². The summed E-state index contributed by atoms with van der Waals surface area (Å²) in [6, 6.07) is 1.99. The number of halogens is 7. The number of hydrogen-bond acceptors (Lipinski definition) is 3. The standard InChI is InChI=1S/C18H17Cl3F4N2O3/c1-29-3-2-26-15(28)8-30-14-4-9(12(22)5-11(14)21)16-10(6-19)17(18(23,24)25)27-13(16)7-20/h4-5,27H,2-3,6-8H2,1H3,(H,26,28). The van der Waals surface area contributed by atoms with Gasteiger partial charge in [-0.2, -0.15) is 13.2 Å². The normalized spacial score (nSPS) is 11.6. The molecule has 0 saturated heterocycles. The molecule has 1 amide bonds. The summed E-state index contributed by atoms with van der Waals surface area (Å²) in [4.78, 5) is 13.9. The molecule has 0 bridgehead atoms. The molecule has 2 rings (SSSR count). The largest absolute Gasteiger partial charge is 0.482 e. The number of ether oxygens (including phenoxy) is 2. The Morgan fingerprint density at radius 2 is 1.93 bits per heavy atom. The number of rotatable bonds is 9. The van der Waals surface area contributed by atoms with Crippen LogP contribution in [-0.2, 0) is 27.5 Å². The number of methoxy groups -OCH3 is 1. The maximum absolute atomic E-state index is 14.6. The van der Waals surface area contributed by atoms with Gasteiger partial charge in [-0.05, 0) is 12.1 Å². The Bertz CT molecular complexity index is 904. The monoisotopic (exact) mass is 490 g/mol. The van der Waals surface area contributed by atoms with E-state index in [1.807, 2.05) is 0 Å². The molecule has 0 fully saturated rings. The van der Waals surface area contributed by atoms with Gasteiger partial charge < -0.3 is 19.8 Å². The van der Waals surface area contributed by atoms with Gasteiger partial charge in [-0.25, -0.2) is 4.39 Å². The smallest absolute Gasteiger partial charge is 0.431 e. The predicted molar refractivity (Wildman–Crippen MR) is 106 cm³/mol. The topological polar surface area (TPSA) is 63.4 Å². The Hall–Kier alpha value is -1.68. The van der Waals surface area contributed by atoms with Crippen LogP contribution in [0.25, 0.3) is 11.1 Å². The van der Waals surface area contributed by atoms with Crippen LogP contribution >= 0.6 is 34.8 Å². The first-order valence-corrected chi connectivity index (χ1v) is 9.89. The number of aromatic amines is 1. The number of carbonyl (C=O) groups is 1. The van der Waals surface area contributed by atoms with E-state index in [0.29, 0.717) is 6.61 Å². The van der Waals surface area contributed by atoms with Crippen molar-refractivity contribution < 1.29 is 31.8 Å². The first-order chi connectivity index (χ1) is 14.1. The summed E-state index contributed by atoms with van der Waals surface area (Å²) in [5, 5.41) is 2.36. The minimum Gasteiger partial charge on any atom is -0.482 e. The van der Waals surface area contributed by atoms with Crippen molar-refractivity contribution in [3.05, 3.63) is 39.9 Å². The molecule has 0 saturated carbocycles. The first-order valence-electron chi connectivity index (χ1n) is 8.44. The molecular weight excluding hydrogens is 475 g/mol. The highest BCUT2D eigenvalue weighted by molar-refractivity contribution is 6.32. The number of amides is 1. The number of aromatic nitrogens is 1. The molecule has 0 aliphatic heterocycles. The lowest BCUT2D eigenvalue weighted by Crippen LogP contribution is -2.31. The number of nitrogens with one attached hydrogen (secondary N) is 2. The van der Waals surface area contributed by atoms with Crippen molar-refractivity contribution in [2.24, 2.45) is 0 Å². The summed E-state index contributed by atoms with van der Waals surface area (Å²) in [5.74, 6) is -2.38. The lowest BCUT2D eigenvalue weighted by atomic mass is 10.00.